The topological polar surface area (TPSA) is 60.9 Å². The highest BCUT2D eigenvalue weighted by Gasteiger charge is 2.19. The summed E-state index contributed by atoms with van der Waals surface area (Å²) in [6.07, 6.45) is 5.42. The molecule has 1 aromatic carbocycles. The van der Waals surface area contributed by atoms with Crippen molar-refractivity contribution in [3.05, 3.63) is 76.4 Å². The van der Waals surface area contributed by atoms with Gasteiger partial charge in [0.1, 0.15) is 12.0 Å². The third kappa shape index (κ3) is 2.62. The minimum Gasteiger partial charge on any atom is -0.325 e. The molecule has 0 N–H and O–H groups in total. The van der Waals surface area contributed by atoms with Crippen LogP contribution in [-0.2, 0) is 6.54 Å². The molecule has 0 atom stereocenters. The van der Waals surface area contributed by atoms with Crippen LogP contribution in [-0.4, -0.2) is 29.1 Å². The van der Waals surface area contributed by atoms with Crippen molar-refractivity contribution in [3.63, 3.8) is 0 Å². The molecule has 0 amide bonds. The van der Waals surface area contributed by atoms with Crippen LogP contribution in [0.2, 0.25) is 0 Å². The van der Waals surface area contributed by atoms with Gasteiger partial charge in [0, 0.05) is 28.1 Å². The number of aromatic nitrogens is 6. The number of nitrogens with zero attached hydrogens (tertiary/aromatic N) is 6. The third-order valence-electron chi connectivity index (χ3n) is 5.12. The number of rotatable bonds is 3. The van der Waals surface area contributed by atoms with Gasteiger partial charge >= 0.3 is 0 Å². The smallest absolute Gasteiger partial charge is 0.183 e. The van der Waals surface area contributed by atoms with Crippen LogP contribution in [0.5, 0.6) is 0 Å². The first-order valence-electron chi connectivity index (χ1n) is 8.98. The lowest BCUT2D eigenvalue weighted by Gasteiger charge is -2.07. The van der Waals surface area contributed by atoms with Crippen LogP contribution in [0.15, 0.2) is 59.6 Å². The largest absolute Gasteiger partial charge is 0.325 e. The molecule has 0 saturated heterocycles. The van der Waals surface area contributed by atoms with Crippen LogP contribution in [0.25, 0.3) is 28.1 Å². The summed E-state index contributed by atoms with van der Waals surface area (Å²) in [5, 5.41) is 5.69. The Kier molecular flexibility index (Phi) is 3.98. The van der Waals surface area contributed by atoms with E-state index in [2.05, 4.69) is 50.5 Å². The number of benzene rings is 1. The highest BCUT2D eigenvalue weighted by Crippen LogP contribution is 2.30. The van der Waals surface area contributed by atoms with Gasteiger partial charge in [0.05, 0.1) is 11.9 Å². The highest BCUT2D eigenvalue weighted by molar-refractivity contribution is 9.10. The molecule has 7 heteroatoms. The number of hydrogen-bond donors (Lipinski definition) is 0. The van der Waals surface area contributed by atoms with Gasteiger partial charge in [-0.25, -0.2) is 14.5 Å². The first-order chi connectivity index (χ1) is 13.6. The summed E-state index contributed by atoms with van der Waals surface area (Å²) >= 11 is 3.59. The Morgan fingerprint density at radius 1 is 1.04 bits per heavy atom. The fourth-order valence-electron chi connectivity index (χ4n) is 3.55. The second kappa shape index (κ2) is 6.53. The van der Waals surface area contributed by atoms with Crippen molar-refractivity contribution in [3.8, 4) is 11.4 Å². The van der Waals surface area contributed by atoms with E-state index >= 15 is 0 Å². The maximum absolute atomic E-state index is 4.85. The van der Waals surface area contributed by atoms with E-state index in [-0.39, 0.29) is 0 Å². The fraction of sp³-hybridized carbons (Fsp3) is 0.143. The van der Waals surface area contributed by atoms with Crippen LogP contribution >= 0.6 is 15.9 Å². The number of pyridine rings is 1. The van der Waals surface area contributed by atoms with E-state index in [0.717, 1.165) is 38.8 Å². The molecule has 4 aromatic heterocycles. The number of aryl methyl sites for hydroxylation is 1. The van der Waals surface area contributed by atoms with Gasteiger partial charge in [0.15, 0.2) is 11.5 Å². The summed E-state index contributed by atoms with van der Waals surface area (Å²) in [7, 11) is 0. The second-order valence-corrected chi connectivity index (χ2v) is 7.64. The van der Waals surface area contributed by atoms with Gasteiger partial charge in [-0.1, -0.05) is 34.1 Å². The predicted molar refractivity (Wildman–Crippen MR) is 112 cm³/mol. The Hall–Kier alpha value is -3.06. The standard InChI is InChI=1S/C21H17BrN6/c1-13-14(2)27(11-15-6-5-9-23-10-15)20-18(13)21-25-19(26-28(21)12-24-20)16-7-3-4-8-17(16)22/h3-10,12H,11H2,1-2H3. The average molecular weight is 433 g/mol. The van der Waals surface area contributed by atoms with Crippen molar-refractivity contribution in [2.24, 2.45) is 0 Å². The first kappa shape index (κ1) is 17.1. The lowest BCUT2D eigenvalue weighted by Crippen LogP contribution is -2.03. The van der Waals surface area contributed by atoms with Gasteiger partial charge in [-0.2, -0.15) is 0 Å². The van der Waals surface area contributed by atoms with Gasteiger partial charge in [0.25, 0.3) is 0 Å². The Balaban J connectivity index is 1.72. The molecule has 4 heterocycles. The number of fused-ring (bicyclic) bond motifs is 3. The molecule has 28 heavy (non-hydrogen) atoms. The summed E-state index contributed by atoms with van der Waals surface area (Å²) in [6, 6.07) is 12.0. The molecule has 0 saturated carbocycles. The zero-order valence-electron chi connectivity index (χ0n) is 15.5. The summed E-state index contributed by atoms with van der Waals surface area (Å²) < 4.78 is 4.95. The quantitative estimate of drug-likeness (QED) is 0.418. The maximum Gasteiger partial charge on any atom is 0.183 e. The van der Waals surface area contributed by atoms with Crippen molar-refractivity contribution in [1.29, 1.82) is 0 Å². The molecule has 0 aliphatic carbocycles. The van der Waals surface area contributed by atoms with Crippen molar-refractivity contribution in [2.75, 3.05) is 0 Å². The van der Waals surface area contributed by atoms with Gasteiger partial charge in [0.2, 0.25) is 0 Å². The van der Waals surface area contributed by atoms with E-state index in [9.17, 15) is 0 Å². The first-order valence-corrected chi connectivity index (χ1v) is 9.77. The fourth-order valence-corrected chi connectivity index (χ4v) is 4.02. The van der Waals surface area contributed by atoms with E-state index in [1.165, 1.54) is 11.3 Å². The average Bonchev–Trinajstić information content (AvgIpc) is 3.24. The van der Waals surface area contributed by atoms with Crippen molar-refractivity contribution >= 4 is 32.6 Å². The summed E-state index contributed by atoms with van der Waals surface area (Å²) in [4.78, 5) is 13.8. The lowest BCUT2D eigenvalue weighted by molar-refractivity contribution is 0.783. The molecule has 0 spiro atoms. The zero-order chi connectivity index (χ0) is 19.3. The Labute approximate surface area is 170 Å². The number of hydrogen-bond acceptors (Lipinski definition) is 4. The van der Waals surface area contributed by atoms with E-state index in [4.69, 9.17) is 9.97 Å². The molecule has 138 valence electrons. The van der Waals surface area contributed by atoms with E-state index < -0.39 is 0 Å². The van der Waals surface area contributed by atoms with Gasteiger partial charge in [-0.15, -0.1) is 5.10 Å². The molecule has 0 bridgehead atoms. The third-order valence-corrected chi connectivity index (χ3v) is 5.82. The lowest BCUT2D eigenvalue weighted by atomic mass is 10.2. The van der Waals surface area contributed by atoms with E-state index in [0.29, 0.717) is 5.82 Å². The maximum atomic E-state index is 4.85. The zero-order valence-corrected chi connectivity index (χ0v) is 17.1. The molecule has 0 fully saturated rings. The molecule has 0 aliphatic heterocycles. The van der Waals surface area contributed by atoms with Crippen molar-refractivity contribution in [1.82, 2.24) is 29.1 Å². The normalized spacial score (nSPS) is 11.5. The van der Waals surface area contributed by atoms with Crippen LogP contribution < -0.4 is 0 Å². The summed E-state index contributed by atoms with van der Waals surface area (Å²) in [5.74, 6) is 0.679. The molecule has 0 radical (unpaired) electrons. The highest BCUT2D eigenvalue weighted by atomic mass is 79.9. The second-order valence-electron chi connectivity index (χ2n) is 6.78. The van der Waals surface area contributed by atoms with Crippen molar-refractivity contribution < 1.29 is 0 Å². The summed E-state index contributed by atoms with van der Waals surface area (Å²) in [6.45, 7) is 4.96. The van der Waals surface area contributed by atoms with Crippen LogP contribution in [0.1, 0.15) is 16.8 Å². The Morgan fingerprint density at radius 2 is 1.89 bits per heavy atom. The SMILES string of the molecule is Cc1c(C)n(Cc2cccnc2)c2ncn3nc(-c4ccccc4Br)nc3c12. The predicted octanol–water partition coefficient (Wildman–Crippen LogP) is 4.57. The molecule has 5 aromatic rings. The van der Waals surface area contributed by atoms with Crippen LogP contribution in [0.4, 0.5) is 0 Å². The van der Waals surface area contributed by atoms with Crippen molar-refractivity contribution in [2.45, 2.75) is 20.4 Å². The minimum absolute atomic E-state index is 0.679. The minimum atomic E-state index is 0.679. The molecule has 0 aliphatic rings. The Morgan fingerprint density at radius 3 is 2.68 bits per heavy atom. The molecular formula is C21H17BrN6. The monoisotopic (exact) mass is 432 g/mol. The molecule has 6 nitrogen and oxygen atoms in total. The van der Waals surface area contributed by atoms with Crippen LogP contribution in [0.3, 0.4) is 0 Å². The van der Waals surface area contributed by atoms with Gasteiger partial charge in [-0.3, -0.25) is 4.98 Å². The number of halogens is 1. The molecule has 5 rings (SSSR count). The Bertz CT molecular complexity index is 1320. The van der Waals surface area contributed by atoms with E-state index in [1.54, 1.807) is 17.0 Å². The summed E-state index contributed by atoms with van der Waals surface area (Å²) in [5.41, 5.74) is 6.18. The van der Waals surface area contributed by atoms with Gasteiger partial charge < -0.3 is 4.57 Å². The molecule has 0 unspecified atom stereocenters. The molecular weight excluding hydrogens is 416 g/mol. The van der Waals surface area contributed by atoms with Crippen LogP contribution in [0, 0.1) is 13.8 Å². The van der Waals surface area contributed by atoms with E-state index in [1.807, 2.05) is 36.5 Å². The van der Waals surface area contributed by atoms with Gasteiger partial charge in [-0.05, 0) is 43.2 Å².